The second-order valence-electron chi connectivity index (χ2n) is 4.08. The number of carboxylic acid groups (broad SMARTS) is 1. The van der Waals surface area contributed by atoms with Gasteiger partial charge in [0.1, 0.15) is 5.82 Å². The summed E-state index contributed by atoms with van der Waals surface area (Å²) in [7, 11) is 0. The van der Waals surface area contributed by atoms with E-state index in [0.717, 1.165) is 16.6 Å². The van der Waals surface area contributed by atoms with E-state index in [4.69, 9.17) is 5.11 Å². The lowest BCUT2D eigenvalue weighted by Crippen LogP contribution is -2.21. The maximum absolute atomic E-state index is 13.0. The summed E-state index contributed by atoms with van der Waals surface area (Å²) in [5.74, 6) is -2.01. The molecule has 0 unspecified atom stereocenters. The highest BCUT2D eigenvalue weighted by Gasteiger charge is 2.13. The van der Waals surface area contributed by atoms with E-state index in [0.29, 0.717) is 5.69 Å². The Bertz CT molecular complexity index is 689. The van der Waals surface area contributed by atoms with Crippen molar-refractivity contribution in [3.05, 3.63) is 58.3 Å². The van der Waals surface area contributed by atoms with E-state index in [1.807, 2.05) is 0 Å². The summed E-state index contributed by atoms with van der Waals surface area (Å²) >= 11 is 3.27. The van der Waals surface area contributed by atoms with E-state index in [9.17, 15) is 14.0 Å². The summed E-state index contributed by atoms with van der Waals surface area (Å²) in [4.78, 5) is 22.8. The van der Waals surface area contributed by atoms with E-state index in [-0.39, 0.29) is 11.3 Å². The molecule has 2 aromatic carbocycles. The number of amides is 2. The maximum atomic E-state index is 13.0. The minimum absolute atomic E-state index is 0.0125. The van der Waals surface area contributed by atoms with Crippen LogP contribution in [0.1, 0.15) is 10.4 Å². The van der Waals surface area contributed by atoms with Crippen molar-refractivity contribution < 1.29 is 19.1 Å². The molecule has 108 valence electrons. The van der Waals surface area contributed by atoms with Crippen LogP contribution in [0.25, 0.3) is 0 Å². The molecule has 2 amide bonds. The van der Waals surface area contributed by atoms with Gasteiger partial charge in [-0.25, -0.2) is 14.0 Å². The molecule has 7 heteroatoms. The molecule has 0 aromatic heterocycles. The smallest absolute Gasteiger partial charge is 0.337 e. The third-order valence-electron chi connectivity index (χ3n) is 2.56. The quantitative estimate of drug-likeness (QED) is 0.782. The largest absolute Gasteiger partial charge is 0.478 e. The van der Waals surface area contributed by atoms with Gasteiger partial charge in [-0.15, -0.1) is 0 Å². The highest BCUT2D eigenvalue weighted by molar-refractivity contribution is 9.10. The van der Waals surface area contributed by atoms with E-state index in [1.54, 1.807) is 24.3 Å². The van der Waals surface area contributed by atoms with Crippen LogP contribution in [0.5, 0.6) is 0 Å². The molecule has 0 spiro atoms. The number of carbonyl (C=O) groups excluding carboxylic acids is 1. The van der Waals surface area contributed by atoms with Crippen molar-refractivity contribution in [2.24, 2.45) is 0 Å². The number of carboxylic acids is 1. The minimum atomic E-state index is -1.33. The first-order chi connectivity index (χ1) is 9.95. The third kappa shape index (κ3) is 4.03. The van der Waals surface area contributed by atoms with Gasteiger partial charge in [0, 0.05) is 10.2 Å². The van der Waals surface area contributed by atoms with Gasteiger partial charge < -0.3 is 15.7 Å². The van der Waals surface area contributed by atoms with Crippen molar-refractivity contribution in [1.82, 2.24) is 0 Å². The van der Waals surface area contributed by atoms with Crippen LogP contribution in [0.4, 0.5) is 20.6 Å². The number of benzene rings is 2. The van der Waals surface area contributed by atoms with Crippen LogP contribution in [0.2, 0.25) is 0 Å². The Labute approximate surface area is 127 Å². The Balaban J connectivity index is 2.12. The zero-order chi connectivity index (χ0) is 15.4. The first-order valence-electron chi connectivity index (χ1n) is 5.82. The zero-order valence-corrected chi connectivity index (χ0v) is 12.1. The molecule has 0 aliphatic carbocycles. The fourth-order valence-electron chi connectivity index (χ4n) is 1.62. The normalized spacial score (nSPS) is 10.0. The van der Waals surface area contributed by atoms with Crippen molar-refractivity contribution in [2.75, 3.05) is 10.6 Å². The number of carbonyl (C=O) groups is 2. The number of halogens is 2. The molecule has 21 heavy (non-hydrogen) atoms. The number of aromatic carboxylic acids is 1. The maximum Gasteiger partial charge on any atom is 0.337 e. The van der Waals surface area contributed by atoms with Crippen LogP contribution in [0, 0.1) is 5.82 Å². The number of rotatable bonds is 3. The first kappa shape index (κ1) is 15.0. The van der Waals surface area contributed by atoms with Crippen molar-refractivity contribution >= 4 is 39.3 Å². The monoisotopic (exact) mass is 352 g/mol. The summed E-state index contributed by atoms with van der Waals surface area (Å²) in [6.45, 7) is 0. The highest BCUT2D eigenvalue weighted by Crippen LogP contribution is 2.18. The molecular formula is C14H10BrFN2O3. The lowest BCUT2D eigenvalue weighted by molar-refractivity contribution is 0.0697. The first-order valence-corrected chi connectivity index (χ1v) is 6.61. The third-order valence-corrected chi connectivity index (χ3v) is 3.09. The summed E-state index contributed by atoms with van der Waals surface area (Å²) in [6, 6.07) is 9.33. The van der Waals surface area contributed by atoms with Gasteiger partial charge >= 0.3 is 12.0 Å². The average Bonchev–Trinajstić information content (AvgIpc) is 2.43. The molecule has 0 fully saturated rings. The highest BCUT2D eigenvalue weighted by atomic mass is 79.9. The van der Waals surface area contributed by atoms with Crippen LogP contribution in [-0.2, 0) is 0 Å². The molecule has 2 rings (SSSR count). The van der Waals surface area contributed by atoms with Crippen molar-refractivity contribution in [1.29, 1.82) is 0 Å². The van der Waals surface area contributed by atoms with E-state index < -0.39 is 17.8 Å². The topological polar surface area (TPSA) is 78.4 Å². The molecule has 5 nitrogen and oxygen atoms in total. The Morgan fingerprint density at radius 2 is 1.71 bits per heavy atom. The van der Waals surface area contributed by atoms with Gasteiger partial charge in [-0.3, -0.25) is 0 Å². The van der Waals surface area contributed by atoms with Crippen LogP contribution in [0.15, 0.2) is 46.9 Å². The predicted octanol–water partition coefficient (Wildman–Crippen LogP) is 3.93. The number of urea groups is 1. The summed E-state index contributed by atoms with van der Waals surface area (Å²) < 4.78 is 13.9. The number of anilines is 2. The van der Waals surface area contributed by atoms with Crippen LogP contribution < -0.4 is 10.6 Å². The van der Waals surface area contributed by atoms with Crippen LogP contribution in [-0.4, -0.2) is 17.1 Å². The molecule has 0 bridgehead atoms. The van der Waals surface area contributed by atoms with Gasteiger partial charge in [-0.1, -0.05) is 15.9 Å². The zero-order valence-electron chi connectivity index (χ0n) is 10.6. The van der Waals surface area contributed by atoms with Gasteiger partial charge in [0.2, 0.25) is 0 Å². The van der Waals surface area contributed by atoms with Crippen molar-refractivity contribution in [3.8, 4) is 0 Å². The lowest BCUT2D eigenvalue weighted by Gasteiger charge is -2.10. The molecule has 2 aromatic rings. The summed E-state index contributed by atoms with van der Waals surface area (Å²) in [5, 5.41) is 13.9. The Morgan fingerprint density at radius 3 is 2.33 bits per heavy atom. The molecule has 0 atom stereocenters. The molecule has 0 radical (unpaired) electrons. The van der Waals surface area contributed by atoms with Crippen LogP contribution in [0.3, 0.4) is 0 Å². The second kappa shape index (κ2) is 6.36. The fourth-order valence-corrected chi connectivity index (χ4v) is 1.88. The van der Waals surface area contributed by atoms with E-state index in [1.165, 1.54) is 6.07 Å². The molecule has 0 aliphatic rings. The van der Waals surface area contributed by atoms with Crippen molar-refractivity contribution in [2.45, 2.75) is 0 Å². The SMILES string of the molecule is O=C(Nc1ccc(Br)cc1)Nc1ccc(F)cc1C(=O)O. The predicted molar refractivity (Wildman–Crippen MR) is 80.1 cm³/mol. The standard InChI is InChI=1S/C14H10BrFN2O3/c15-8-1-4-10(5-2-8)17-14(21)18-12-6-3-9(16)7-11(12)13(19)20/h1-7H,(H,19,20)(H2,17,18,21). The number of hydrogen-bond acceptors (Lipinski definition) is 2. The Kier molecular flexibility index (Phi) is 4.54. The van der Waals surface area contributed by atoms with Crippen molar-refractivity contribution in [3.63, 3.8) is 0 Å². The number of hydrogen-bond donors (Lipinski definition) is 3. The van der Waals surface area contributed by atoms with Gasteiger partial charge in [0.05, 0.1) is 11.3 Å². The molecule has 0 saturated heterocycles. The van der Waals surface area contributed by atoms with Gasteiger partial charge in [0.25, 0.3) is 0 Å². The fraction of sp³-hybridized carbons (Fsp3) is 0. The van der Waals surface area contributed by atoms with Gasteiger partial charge in [-0.05, 0) is 42.5 Å². The van der Waals surface area contributed by atoms with E-state index in [2.05, 4.69) is 26.6 Å². The molecule has 0 heterocycles. The Hall–Kier alpha value is -2.41. The molecule has 0 saturated carbocycles. The van der Waals surface area contributed by atoms with Gasteiger partial charge in [0.15, 0.2) is 0 Å². The van der Waals surface area contributed by atoms with E-state index >= 15 is 0 Å². The summed E-state index contributed by atoms with van der Waals surface area (Å²) in [5.41, 5.74) is 0.231. The Morgan fingerprint density at radius 1 is 1.05 bits per heavy atom. The molecular weight excluding hydrogens is 343 g/mol. The van der Waals surface area contributed by atoms with Crippen LogP contribution >= 0.6 is 15.9 Å². The average molecular weight is 353 g/mol. The second-order valence-corrected chi connectivity index (χ2v) is 5.00. The molecule has 0 aliphatic heterocycles. The number of nitrogens with one attached hydrogen (secondary N) is 2. The van der Waals surface area contributed by atoms with Gasteiger partial charge in [-0.2, -0.15) is 0 Å². The lowest BCUT2D eigenvalue weighted by atomic mass is 10.2. The molecule has 3 N–H and O–H groups in total. The summed E-state index contributed by atoms with van der Waals surface area (Å²) in [6.07, 6.45) is 0. The minimum Gasteiger partial charge on any atom is -0.478 e.